The topological polar surface area (TPSA) is 92.8 Å². The molecule has 2 aromatic rings. The lowest BCUT2D eigenvalue weighted by Gasteiger charge is -2.18. The van der Waals surface area contributed by atoms with Crippen LogP contribution in [0.3, 0.4) is 0 Å². The molecular formula is C20H24N2O5S. The summed E-state index contributed by atoms with van der Waals surface area (Å²) >= 11 is 0. The SMILES string of the molecule is CCN(CC)S(=O)(=O)c1ccc(C(=O)NCc2ccc(C(=O)OC)cc2)cc1. The van der Waals surface area contributed by atoms with E-state index in [-0.39, 0.29) is 17.3 Å². The fourth-order valence-electron chi connectivity index (χ4n) is 2.65. The molecule has 0 fully saturated rings. The highest BCUT2D eigenvalue weighted by Crippen LogP contribution is 2.16. The number of amides is 1. The molecule has 0 aromatic heterocycles. The predicted octanol–water partition coefficient (Wildman–Crippen LogP) is 2.43. The third-order valence-electron chi connectivity index (χ3n) is 4.29. The average Bonchev–Trinajstić information content (AvgIpc) is 2.72. The van der Waals surface area contributed by atoms with E-state index in [0.29, 0.717) is 24.2 Å². The molecule has 0 radical (unpaired) electrons. The fraction of sp³-hybridized carbons (Fsp3) is 0.300. The quantitative estimate of drug-likeness (QED) is 0.682. The number of hydrogen-bond donors (Lipinski definition) is 1. The van der Waals surface area contributed by atoms with Crippen molar-refractivity contribution in [2.75, 3.05) is 20.2 Å². The van der Waals surface area contributed by atoms with Gasteiger partial charge in [-0.1, -0.05) is 26.0 Å². The van der Waals surface area contributed by atoms with Crippen LogP contribution in [0, 0.1) is 0 Å². The number of carbonyl (C=O) groups excluding carboxylic acids is 2. The number of ether oxygens (including phenoxy) is 1. The summed E-state index contributed by atoms with van der Waals surface area (Å²) in [5, 5.41) is 2.77. The number of methoxy groups -OCH3 is 1. The number of esters is 1. The van der Waals surface area contributed by atoms with Gasteiger partial charge >= 0.3 is 5.97 Å². The highest BCUT2D eigenvalue weighted by molar-refractivity contribution is 7.89. The van der Waals surface area contributed by atoms with Crippen molar-refractivity contribution < 1.29 is 22.7 Å². The fourth-order valence-corrected chi connectivity index (χ4v) is 4.11. The maximum atomic E-state index is 12.5. The van der Waals surface area contributed by atoms with Gasteiger partial charge in [-0.05, 0) is 42.0 Å². The third kappa shape index (κ3) is 4.96. The van der Waals surface area contributed by atoms with Crippen molar-refractivity contribution in [3.63, 3.8) is 0 Å². The number of nitrogens with zero attached hydrogens (tertiary/aromatic N) is 1. The van der Waals surface area contributed by atoms with Crippen LogP contribution in [0.15, 0.2) is 53.4 Å². The van der Waals surface area contributed by atoms with Gasteiger partial charge in [0.15, 0.2) is 0 Å². The van der Waals surface area contributed by atoms with E-state index < -0.39 is 16.0 Å². The molecule has 0 saturated heterocycles. The van der Waals surface area contributed by atoms with Crippen molar-refractivity contribution in [2.45, 2.75) is 25.3 Å². The first-order valence-corrected chi connectivity index (χ1v) is 10.3. The first-order chi connectivity index (χ1) is 13.3. The van der Waals surface area contributed by atoms with Crippen molar-refractivity contribution in [2.24, 2.45) is 0 Å². The van der Waals surface area contributed by atoms with Gasteiger partial charge in [-0.15, -0.1) is 0 Å². The minimum Gasteiger partial charge on any atom is -0.465 e. The van der Waals surface area contributed by atoms with Crippen LogP contribution in [0.2, 0.25) is 0 Å². The van der Waals surface area contributed by atoms with Crippen LogP contribution in [0.4, 0.5) is 0 Å². The zero-order valence-corrected chi connectivity index (χ0v) is 17.0. The first kappa shape index (κ1) is 21.6. The molecule has 2 aromatic carbocycles. The number of sulfonamides is 1. The molecule has 28 heavy (non-hydrogen) atoms. The Hall–Kier alpha value is -2.71. The van der Waals surface area contributed by atoms with Crippen LogP contribution in [0.25, 0.3) is 0 Å². The molecule has 0 aliphatic carbocycles. The summed E-state index contributed by atoms with van der Waals surface area (Å²) in [6.07, 6.45) is 0. The monoisotopic (exact) mass is 404 g/mol. The Kier molecular flexibility index (Phi) is 7.31. The van der Waals surface area contributed by atoms with Crippen LogP contribution in [-0.4, -0.2) is 44.8 Å². The van der Waals surface area contributed by atoms with E-state index in [4.69, 9.17) is 0 Å². The Labute approximate surface area is 165 Å². The van der Waals surface area contributed by atoms with Gasteiger partial charge in [0.1, 0.15) is 0 Å². The predicted molar refractivity (Wildman–Crippen MR) is 106 cm³/mol. The highest BCUT2D eigenvalue weighted by Gasteiger charge is 2.21. The summed E-state index contributed by atoms with van der Waals surface area (Å²) in [4.78, 5) is 23.9. The third-order valence-corrected chi connectivity index (χ3v) is 6.35. The van der Waals surface area contributed by atoms with Crippen molar-refractivity contribution in [3.05, 3.63) is 65.2 Å². The van der Waals surface area contributed by atoms with Crippen molar-refractivity contribution in [3.8, 4) is 0 Å². The molecule has 0 spiro atoms. The largest absolute Gasteiger partial charge is 0.465 e. The zero-order valence-electron chi connectivity index (χ0n) is 16.1. The molecular weight excluding hydrogens is 380 g/mol. The number of carbonyl (C=O) groups is 2. The van der Waals surface area contributed by atoms with Crippen molar-refractivity contribution in [1.82, 2.24) is 9.62 Å². The van der Waals surface area contributed by atoms with Gasteiger partial charge in [0.05, 0.1) is 17.6 Å². The molecule has 1 N–H and O–H groups in total. The highest BCUT2D eigenvalue weighted by atomic mass is 32.2. The molecule has 0 atom stereocenters. The summed E-state index contributed by atoms with van der Waals surface area (Å²) in [6.45, 7) is 4.60. The van der Waals surface area contributed by atoms with E-state index >= 15 is 0 Å². The maximum absolute atomic E-state index is 12.5. The second-order valence-corrected chi connectivity index (χ2v) is 7.92. The van der Waals surface area contributed by atoms with Crippen molar-refractivity contribution in [1.29, 1.82) is 0 Å². The summed E-state index contributed by atoms with van der Waals surface area (Å²) in [7, 11) is -2.23. The minimum absolute atomic E-state index is 0.158. The second kappa shape index (κ2) is 9.48. The molecule has 0 heterocycles. The van der Waals surface area contributed by atoms with E-state index in [1.54, 1.807) is 38.1 Å². The van der Waals surface area contributed by atoms with Crippen LogP contribution in [0.5, 0.6) is 0 Å². The molecule has 0 aliphatic heterocycles. The van der Waals surface area contributed by atoms with Crippen molar-refractivity contribution >= 4 is 21.9 Å². The minimum atomic E-state index is -3.55. The van der Waals surface area contributed by atoms with Gasteiger partial charge in [-0.2, -0.15) is 4.31 Å². The van der Waals surface area contributed by atoms with Crippen LogP contribution in [0.1, 0.15) is 40.1 Å². The summed E-state index contributed by atoms with van der Waals surface area (Å²) < 4.78 is 31.0. The Morgan fingerprint density at radius 3 is 1.96 bits per heavy atom. The van der Waals surface area contributed by atoms with E-state index in [9.17, 15) is 18.0 Å². The molecule has 0 bridgehead atoms. The van der Waals surface area contributed by atoms with Gasteiger partial charge < -0.3 is 10.1 Å². The Morgan fingerprint density at radius 1 is 0.929 bits per heavy atom. The summed E-state index contributed by atoms with van der Waals surface area (Å²) in [5.74, 6) is -0.737. The molecule has 8 heteroatoms. The Balaban J connectivity index is 2.02. The molecule has 0 aliphatic rings. The van der Waals surface area contributed by atoms with Gasteiger partial charge in [0, 0.05) is 25.2 Å². The van der Waals surface area contributed by atoms with Gasteiger partial charge in [-0.25, -0.2) is 13.2 Å². The molecule has 2 rings (SSSR count). The van der Waals surface area contributed by atoms with E-state index in [1.165, 1.54) is 35.7 Å². The Morgan fingerprint density at radius 2 is 1.46 bits per heavy atom. The number of benzene rings is 2. The number of rotatable bonds is 8. The normalized spacial score (nSPS) is 11.3. The summed E-state index contributed by atoms with van der Waals surface area (Å²) in [6, 6.07) is 12.6. The van der Waals surface area contributed by atoms with Crippen LogP contribution >= 0.6 is 0 Å². The van der Waals surface area contributed by atoms with Gasteiger partial charge in [0.25, 0.3) is 5.91 Å². The average molecular weight is 404 g/mol. The molecule has 0 unspecified atom stereocenters. The maximum Gasteiger partial charge on any atom is 0.337 e. The standard InChI is InChI=1S/C20H24N2O5S/c1-4-22(5-2)28(25,26)18-12-10-16(11-13-18)19(23)21-14-15-6-8-17(9-7-15)20(24)27-3/h6-13H,4-5,14H2,1-3H3,(H,21,23). The van der Waals surface area contributed by atoms with Gasteiger partial charge in [-0.3, -0.25) is 4.79 Å². The smallest absolute Gasteiger partial charge is 0.337 e. The molecule has 7 nitrogen and oxygen atoms in total. The lowest BCUT2D eigenvalue weighted by Crippen LogP contribution is -2.30. The lowest BCUT2D eigenvalue weighted by molar-refractivity contribution is 0.0600. The number of hydrogen-bond acceptors (Lipinski definition) is 5. The van der Waals surface area contributed by atoms with E-state index in [0.717, 1.165) is 5.56 Å². The molecule has 150 valence electrons. The van der Waals surface area contributed by atoms with Gasteiger partial charge in [0.2, 0.25) is 10.0 Å². The van der Waals surface area contributed by atoms with E-state index in [1.807, 2.05) is 0 Å². The molecule has 0 saturated carbocycles. The summed E-state index contributed by atoms with van der Waals surface area (Å²) in [5.41, 5.74) is 1.62. The number of nitrogens with one attached hydrogen (secondary N) is 1. The van der Waals surface area contributed by atoms with Crippen LogP contribution < -0.4 is 5.32 Å². The van der Waals surface area contributed by atoms with E-state index in [2.05, 4.69) is 10.1 Å². The van der Waals surface area contributed by atoms with Crippen LogP contribution in [-0.2, 0) is 21.3 Å². The molecule has 1 amide bonds. The second-order valence-electron chi connectivity index (χ2n) is 5.98. The Bertz CT molecular complexity index is 918. The lowest BCUT2D eigenvalue weighted by atomic mass is 10.1. The zero-order chi connectivity index (χ0) is 20.7. The first-order valence-electron chi connectivity index (χ1n) is 8.89.